The molecule has 21 N–H and O–H groups in total. The minimum atomic E-state index is -1.69. The van der Waals surface area contributed by atoms with E-state index >= 15 is 4.79 Å². The highest BCUT2D eigenvalue weighted by molar-refractivity contribution is 7.98. The number of primary amides is 2. The second-order valence-electron chi connectivity index (χ2n) is 24.9. The first-order valence-corrected chi connectivity index (χ1v) is 34.4. The van der Waals surface area contributed by atoms with Crippen molar-refractivity contribution in [1.29, 1.82) is 0 Å². The van der Waals surface area contributed by atoms with Gasteiger partial charge >= 0.3 is 5.97 Å². The zero-order chi connectivity index (χ0) is 71.9. The number of amides is 12. The third-order valence-electron chi connectivity index (χ3n) is 17.0. The maximum absolute atomic E-state index is 15.0. The van der Waals surface area contributed by atoms with Crippen LogP contribution in [0.2, 0.25) is 0 Å². The Morgan fingerprint density at radius 3 is 1.60 bits per heavy atom. The van der Waals surface area contributed by atoms with E-state index in [1.54, 1.807) is 74.5 Å². The minimum Gasteiger partial charge on any atom is -0.481 e. The summed E-state index contributed by atoms with van der Waals surface area (Å²) in [6.07, 6.45) is 2.87. The third-order valence-corrected chi connectivity index (χ3v) is 17.6. The molecule has 2 heterocycles. The summed E-state index contributed by atoms with van der Waals surface area (Å²) in [6, 6.07) is 4.23. The van der Waals surface area contributed by atoms with E-state index < -0.39 is 181 Å². The minimum absolute atomic E-state index is 0.0510. The highest BCUT2D eigenvalue weighted by Gasteiger charge is 2.43. The molecule has 2 aromatic rings. The first kappa shape index (κ1) is 80.5. The summed E-state index contributed by atoms with van der Waals surface area (Å²) in [5.74, 6) is -12.3. The van der Waals surface area contributed by atoms with E-state index in [0.29, 0.717) is 49.0 Å². The lowest BCUT2D eigenvalue weighted by atomic mass is 9.89. The average molecular weight is 1380 g/mol. The molecule has 536 valence electrons. The molecule has 12 atom stereocenters. The van der Waals surface area contributed by atoms with Crippen LogP contribution in [0.1, 0.15) is 147 Å². The molecule has 2 fully saturated rings. The van der Waals surface area contributed by atoms with Gasteiger partial charge in [0.1, 0.15) is 54.4 Å². The van der Waals surface area contributed by atoms with Gasteiger partial charge in [0.25, 0.3) is 0 Å². The smallest absolute Gasteiger partial charge is 0.303 e. The number of unbranched alkanes of at least 4 members (excludes halogenated alkanes) is 1. The molecular weight excluding hydrogens is 1270 g/mol. The van der Waals surface area contributed by atoms with Crippen molar-refractivity contribution in [2.45, 2.75) is 196 Å². The largest absolute Gasteiger partial charge is 0.481 e. The number of benzene rings is 2. The molecule has 0 unspecified atom stereocenters. The zero-order valence-corrected chi connectivity index (χ0v) is 56.9. The predicted octanol–water partition coefficient (Wildman–Crippen LogP) is -1.99. The number of guanidine groups is 1. The van der Waals surface area contributed by atoms with Gasteiger partial charge in [-0.05, 0) is 119 Å². The molecule has 2 aliphatic rings. The number of carbonyl (C=O) groups is 13. The van der Waals surface area contributed by atoms with E-state index in [1.165, 1.54) is 21.6 Å². The number of nitrogens with two attached hydrogens (primary N) is 6. The average Bonchev–Trinajstić information content (AvgIpc) is 1.82. The van der Waals surface area contributed by atoms with Crippen LogP contribution in [0.4, 0.5) is 0 Å². The lowest BCUT2D eigenvalue weighted by molar-refractivity contribution is -0.144. The molecule has 2 aromatic carbocycles. The van der Waals surface area contributed by atoms with Crippen LogP contribution >= 0.6 is 11.8 Å². The van der Waals surface area contributed by atoms with E-state index in [4.69, 9.17) is 34.4 Å². The number of hydrogen-bond acceptors (Lipinski definition) is 17. The zero-order valence-electron chi connectivity index (χ0n) is 56.1. The quantitative estimate of drug-likeness (QED) is 0.0194. The van der Waals surface area contributed by atoms with Crippen molar-refractivity contribution in [3.05, 3.63) is 71.8 Å². The molecule has 0 radical (unpaired) electrons. The summed E-state index contributed by atoms with van der Waals surface area (Å²) in [5.41, 5.74) is 35.1. The molecule has 2 aliphatic heterocycles. The Morgan fingerprint density at radius 1 is 0.567 bits per heavy atom. The Hall–Kier alpha value is -8.91. The Balaban J connectivity index is 1.60. The Kier molecular flexibility index (Phi) is 34.2. The summed E-state index contributed by atoms with van der Waals surface area (Å²) < 4.78 is 0. The van der Waals surface area contributed by atoms with E-state index in [-0.39, 0.29) is 76.6 Å². The summed E-state index contributed by atoms with van der Waals surface area (Å²) in [6.45, 7) is 7.06. The van der Waals surface area contributed by atoms with Crippen molar-refractivity contribution in [2.24, 2.45) is 45.3 Å². The summed E-state index contributed by atoms with van der Waals surface area (Å²) in [4.78, 5) is 186. The summed E-state index contributed by atoms with van der Waals surface area (Å²) >= 11 is 1.45. The van der Waals surface area contributed by atoms with Crippen LogP contribution in [0, 0.1) is 5.92 Å². The molecule has 2 saturated heterocycles. The number of aliphatic carboxylic acids is 1. The number of nitrogens with zero attached hydrogens (tertiary/aromatic N) is 3. The molecule has 0 aromatic heterocycles. The maximum Gasteiger partial charge on any atom is 0.303 e. The van der Waals surface area contributed by atoms with E-state index in [0.717, 1.165) is 0 Å². The maximum atomic E-state index is 15.0. The van der Waals surface area contributed by atoms with Crippen molar-refractivity contribution < 1.29 is 67.4 Å². The number of carboxylic acid groups (broad SMARTS) is 1. The number of likely N-dealkylation sites (tertiary alicyclic amines) is 2. The van der Waals surface area contributed by atoms with Crippen LogP contribution in [0.15, 0.2) is 65.7 Å². The molecule has 0 spiro atoms. The van der Waals surface area contributed by atoms with E-state index in [2.05, 4.69) is 47.5 Å². The fraction of sp³-hybridized carbons (Fsp3) is 0.600. The van der Waals surface area contributed by atoms with Crippen molar-refractivity contribution >= 4 is 94.6 Å². The lowest BCUT2D eigenvalue weighted by Crippen LogP contribution is -2.61. The van der Waals surface area contributed by atoms with Crippen molar-refractivity contribution in [3.8, 4) is 0 Å². The first-order valence-electron chi connectivity index (χ1n) is 33.0. The second kappa shape index (κ2) is 41.3. The number of thioether (sulfide) groups is 1. The number of hydrogen-bond donors (Lipinski definition) is 15. The van der Waals surface area contributed by atoms with Crippen LogP contribution in [-0.4, -0.2) is 203 Å². The standard InChI is InChI=1S/C65H101N17O14S/c1-37(2)35-47(58(90)75-43(55(69)87)29-34-97-5)74-51(84)36-73-61(93)53(38(3)40-17-8-6-9-18-40)80-62(94)54(39(4)41-19-10-7-11-20-41)79-57(89)44(25-27-50(68)83)76-56(88)45(26-28-52(85)86)77-59(91)49-24-16-33-82(49)64(96)46(22-12-13-30-66)78-60(92)48-23-15-32-81(48)63(95)42(67)21-14-31-72-65(70)71/h6-11,17-20,37-39,42-49,53-54H,12-16,21-36,66-67H2,1-5H3,(H2,68,83)(H2,69,87)(H,73,93)(H,74,84)(H,75,90)(H,76,88)(H,77,91)(H,78,92)(H,79,89)(H,80,94)(H,85,86)(H4,70,71,72)/t38-,39+,42+,43+,44+,45+,46+,47+,48+,49+,53+,54+/m1/s1. The molecule has 0 bridgehead atoms. The van der Waals surface area contributed by atoms with E-state index in [9.17, 15) is 62.6 Å². The van der Waals surface area contributed by atoms with Gasteiger partial charge in [-0.2, -0.15) is 11.8 Å². The molecule has 31 nitrogen and oxygen atoms in total. The molecule has 0 aliphatic carbocycles. The number of carboxylic acids is 1. The molecule has 12 amide bonds. The van der Waals surface area contributed by atoms with Gasteiger partial charge in [-0.3, -0.25) is 67.3 Å². The normalized spacial score (nSPS) is 17.4. The molecule has 4 rings (SSSR count). The van der Waals surface area contributed by atoms with E-state index in [1.807, 2.05) is 20.1 Å². The number of nitrogens with one attached hydrogen (secondary N) is 8. The van der Waals surface area contributed by atoms with Gasteiger partial charge in [-0.25, -0.2) is 0 Å². The molecule has 0 saturated carbocycles. The fourth-order valence-electron chi connectivity index (χ4n) is 11.6. The SMILES string of the molecule is CSCC[C@H](NC(=O)[C@H](CC(C)C)NC(=O)CNC(=O)[C@@H](NC(=O)[C@@H](NC(=O)[C@H](CCC(N)=O)NC(=O)[C@H](CCC(=O)O)NC(=O)[C@@H]1CCCN1C(=O)[C@H](CCCCN)NC(=O)[C@@H]1CCCN1C(=O)[C@@H](N)CCCN=C(N)N)[C@@H](C)c1ccccc1)[C@H](C)c1ccccc1)C(N)=O. The first-order chi connectivity index (χ1) is 46.1. The molecular formula is C65H101N17O14S. The van der Waals surface area contributed by atoms with Crippen LogP contribution < -0.4 is 76.9 Å². The van der Waals surface area contributed by atoms with Gasteiger partial charge in [0.05, 0.1) is 12.6 Å². The van der Waals surface area contributed by atoms with Gasteiger partial charge < -0.3 is 91.8 Å². The predicted molar refractivity (Wildman–Crippen MR) is 363 cm³/mol. The third kappa shape index (κ3) is 26.6. The van der Waals surface area contributed by atoms with Crippen LogP contribution in [0.25, 0.3) is 0 Å². The van der Waals surface area contributed by atoms with Gasteiger partial charge in [0.2, 0.25) is 70.9 Å². The van der Waals surface area contributed by atoms with Crippen LogP contribution in [-0.2, 0) is 62.3 Å². The van der Waals surface area contributed by atoms with Crippen molar-refractivity contribution in [3.63, 3.8) is 0 Å². The lowest BCUT2D eigenvalue weighted by Gasteiger charge is -2.32. The molecule has 97 heavy (non-hydrogen) atoms. The Labute approximate surface area is 570 Å². The fourth-order valence-corrected chi connectivity index (χ4v) is 12.0. The van der Waals surface area contributed by atoms with Gasteiger partial charge in [0.15, 0.2) is 5.96 Å². The number of rotatable bonds is 42. The topological polar surface area (TPSA) is 513 Å². The second-order valence-corrected chi connectivity index (χ2v) is 25.9. The highest BCUT2D eigenvalue weighted by atomic mass is 32.2. The van der Waals surface area contributed by atoms with Crippen molar-refractivity contribution in [1.82, 2.24) is 52.3 Å². The summed E-state index contributed by atoms with van der Waals surface area (Å²) in [5, 5.41) is 31.0. The number of aliphatic imine (C=N–C) groups is 1. The van der Waals surface area contributed by atoms with Gasteiger partial charge in [-0.15, -0.1) is 0 Å². The number of carbonyl (C=O) groups excluding carboxylic acids is 12. The summed E-state index contributed by atoms with van der Waals surface area (Å²) in [7, 11) is 0. The highest BCUT2D eigenvalue weighted by Crippen LogP contribution is 2.26. The Morgan fingerprint density at radius 2 is 1.07 bits per heavy atom. The van der Waals surface area contributed by atoms with Gasteiger partial charge in [0, 0.05) is 44.3 Å². The van der Waals surface area contributed by atoms with Gasteiger partial charge in [-0.1, -0.05) is 88.4 Å². The molecule has 32 heteroatoms. The van der Waals surface area contributed by atoms with Crippen molar-refractivity contribution in [2.75, 3.05) is 44.7 Å². The van der Waals surface area contributed by atoms with Crippen LogP contribution in [0.5, 0.6) is 0 Å². The monoisotopic (exact) mass is 1380 g/mol. The van der Waals surface area contributed by atoms with Crippen LogP contribution in [0.3, 0.4) is 0 Å². The Bertz CT molecular complexity index is 3040.